The molecular weight excluding hydrogens is 266 g/mol. The molecule has 1 saturated heterocycles. The number of aryl methyl sites for hydroxylation is 1. The monoisotopic (exact) mass is 287 g/mol. The SMILES string of the molecule is Cn1cc(-c2ccc([C@H](O)CN3CCOCC3)cc2)cn1. The van der Waals surface area contributed by atoms with Crippen molar-refractivity contribution in [3.8, 4) is 11.1 Å². The Morgan fingerprint density at radius 3 is 2.52 bits per heavy atom. The van der Waals surface area contributed by atoms with Gasteiger partial charge in [-0.05, 0) is 11.1 Å². The second kappa shape index (κ2) is 6.39. The summed E-state index contributed by atoms with van der Waals surface area (Å²) in [5.41, 5.74) is 3.16. The van der Waals surface area contributed by atoms with Gasteiger partial charge in [0.1, 0.15) is 0 Å². The zero-order chi connectivity index (χ0) is 14.7. The molecule has 1 aromatic carbocycles. The number of benzene rings is 1. The molecule has 1 atom stereocenters. The van der Waals surface area contributed by atoms with Crippen LogP contribution in [0.4, 0.5) is 0 Å². The fourth-order valence-corrected chi connectivity index (χ4v) is 2.60. The van der Waals surface area contributed by atoms with E-state index < -0.39 is 6.10 Å². The molecule has 2 heterocycles. The average molecular weight is 287 g/mol. The Bertz CT molecular complexity index is 573. The maximum absolute atomic E-state index is 10.3. The van der Waals surface area contributed by atoms with Gasteiger partial charge in [-0.15, -0.1) is 0 Å². The Labute approximate surface area is 124 Å². The predicted molar refractivity (Wildman–Crippen MR) is 80.9 cm³/mol. The standard InChI is InChI=1S/C16H21N3O2/c1-18-11-15(10-17-18)13-2-4-14(5-3-13)16(20)12-19-6-8-21-9-7-19/h2-5,10-11,16,20H,6-9,12H2,1H3/t16-/m1/s1. The van der Waals surface area contributed by atoms with Crippen molar-refractivity contribution in [3.05, 3.63) is 42.2 Å². The van der Waals surface area contributed by atoms with Gasteiger partial charge >= 0.3 is 0 Å². The van der Waals surface area contributed by atoms with Crippen LogP contribution in [0.1, 0.15) is 11.7 Å². The summed E-state index contributed by atoms with van der Waals surface area (Å²) < 4.78 is 7.11. The number of aliphatic hydroxyl groups excluding tert-OH is 1. The van der Waals surface area contributed by atoms with Crippen molar-refractivity contribution in [2.45, 2.75) is 6.10 Å². The van der Waals surface area contributed by atoms with E-state index in [4.69, 9.17) is 4.74 Å². The molecule has 1 aliphatic rings. The van der Waals surface area contributed by atoms with Gasteiger partial charge in [-0.25, -0.2) is 0 Å². The highest BCUT2D eigenvalue weighted by Gasteiger charge is 2.16. The Morgan fingerprint density at radius 1 is 1.19 bits per heavy atom. The van der Waals surface area contributed by atoms with Gasteiger partial charge in [0.2, 0.25) is 0 Å². The summed E-state index contributed by atoms with van der Waals surface area (Å²) in [6.45, 7) is 3.96. The molecule has 1 N–H and O–H groups in total. The number of hydrogen-bond donors (Lipinski definition) is 1. The van der Waals surface area contributed by atoms with E-state index in [0.29, 0.717) is 6.54 Å². The number of hydrogen-bond acceptors (Lipinski definition) is 4. The van der Waals surface area contributed by atoms with Crippen molar-refractivity contribution in [1.29, 1.82) is 0 Å². The molecule has 5 nitrogen and oxygen atoms in total. The van der Waals surface area contributed by atoms with Crippen molar-refractivity contribution >= 4 is 0 Å². The summed E-state index contributed by atoms with van der Waals surface area (Å²) in [5, 5.41) is 14.5. The molecule has 2 aromatic rings. The lowest BCUT2D eigenvalue weighted by Crippen LogP contribution is -2.38. The van der Waals surface area contributed by atoms with E-state index in [-0.39, 0.29) is 0 Å². The van der Waals surface area contributed by atoms with Crippen LogP contribution < -0.4 is 0 Å². The Hall–Kier alpha value is -1.69. The molecule has 1 aromatic heterocycles. The van der Waals surface area contributed by atoms with Gasteiger partial charge < -0.3 is 9.84 Å². The largest absolute Gasteiger partial charge is 0.387 e. The zero-order valence-corrected chi connectivity index (χ0v) is 12.3. The van der Waals surface area contributed by atoms with E-state index >= 15 is 0 Å². The number of rotatable bonds is 4. The average Bonchev–Trinajstić information content (AvgIpc) is 2.95. The van der Waals surface area contributed by atoms with Crippen molar-refractivity contribution in [2.75, 3.05) is 32.8 Å². The van der Waals surface area contributed by atoms with Crippen molar-refractivity contribution < 1.29 is 9.84 Å². The van der Waals surface area contributed by atoms with E-state index in [1.54, 1.807) is 4.68 Å². The summed E-state index contributed by atoms with van der Waals surface area (Å²) in [6.07, 6.45) is 3.38. The normalized spacial score (nSPS) is 17.8. The maximum Gasteiger partial charge on any atom is 0.0916 e. The minimum absolute atomic E-state index is 0.453. The van der Waals surface area contributed by atoms with Gasteiger partial charge in [0, 0.05) is 38.4 Å². The molecule has 3 rings (SSSR count). The van der Waals surface area contributed by atoms with Crippen molar-refractivity contribution in [3.63, 3.8) is 0 Å². The fraction of sp³-hybridized carbons (Fsp3) is 0.438. The molecule has 5 heteroatoms. The smallest absolute Gasteiger partial charge is 0.0916 e. The molecule has 1 aliphatic heterocycles. The molecular formula is C16H21N3O2. The lowest BCUT2D eigenvalue weighted by atomic mass is 10.0. The summed E-state index contributed by atoms with van der Waals surface area (Å²) in [5.74, 6) is 0. The van der Waals surface area contributed by atoms with E-state index in [1.165, 1.54) is 0 Å². The molecule has 0 radical (unpaired) electrons. The first kappa shape index (κ1) is 14.3. The van der Waals surface area contributed by atoms with E-state index in [9.17, 15) is 5.11 Å². The summed E-state index contributed by atoms with van der Waals surface area (Å²) in [6, 6.07) is 8.06. The third-order valence-electron chi connectivity index (χ3n) is 3.87. The Balaban J connectivity index is 1.65. The number of aliphatic hydroxyl groups is 1. The fourth-order valence-electron chi connectivity index (χ4n) is 2.60. The number of morpholine rings is 1. The van der Waals surface area contributed by atoms with Crippen LogP contribution in [-0.4, -0.2) is 52.6 Å². The van der Waals surface area contributed by atoms with Crippen LogP contribution in [0.2, 0.25) is 0 Å². The molecule has 0 bridgehead atoms. The molecule has 0 amide bonds. The number of nitrogens with zero attached hydrogens (tertiary/aromatic N) is 3. The number of aromatic nitrogens is 2. The van der Waals surface area contributed by atoms with Crippen LogP contribution in [0.15, 0.2) is 36.7 Å². The van der Waals surface area contributed by atoms with Crippen LogP contribution in [0.5, 0.6) is 0 Å². The lowest BCUT2D eigenvalue weighted by Gasteiger charge is -2.28. The lowest BCUT2D eigenvalue weighted by molar-refractivity contribution is 0.0143. The molecule has 0 aliphatic carbocycles. The Morgan fingerprint density at radius 2 is 1.90 bits per heavy atom. The summed E-state index contributed by atoms with van der Waals surface area (Å²) >= 11 is 0. The third-order valence-corrected chi connectivity index (χ3v) is 3.87. The van der Waals surface area contributed by atoms with Crippen LogP contribution in [0, 0.1) is 0 Å². The number of ether oxygens (including phenoxy) is 1. The van der Waals surface area contributed by atoms with Crippen LogP contribution in [-0.2, 0) is 11.8 Å². The van der Waals surface area contributed by atoms with Crippen molar-refractivity contribution in [2.24, 2.45) is 7.05 Å². The molecule has 21 heavy (non-hydrogen) atoms. The highest BCUT2D eigenvalue weighted by molar-refractivity contribution is 5.61. The van der Waals surface area contributed by atoms with Crippen LogP contribution in [0.25, 0.3) is 11.1 Å². The number of β-amino-alcohol motifs (C(OH)–C–C–N with tert-alkyl or cyclic N) is 1. The maximum atomic E-state index is 10.3. The third kappa shape index (κ3) is 3.50. The van der Waals surface area contributed by atoms with Gasteiger partial charge in [-0.3, -0.25) is 9.58 Å². The first-order chi connectivity index (χ1) is 10.2. The van der Waals surface area contributed by atoms with Crippen LogP contribution in [0.3, 0.4) is 0 Å². The van der Waals surface area contributed by atoms with E-state index in [0.717, 1.165) is 43.0 Å². The molecule has 112 valence electrons. The first-order valence-corrected chi connectivity index (χ1v) is 7.29. The van der Waals surface area contributed by atoms with Gasteiger partial charge in [-0.1, -0.05) is 24.3 Å². The van der Waals surface area contributed by atoms with Gasteiger partial charge in [-0.2, -0.15) is 5.10 Å². The molecule has 0 unspecified atom stereocenters. The summed E-state index contributed by atoms with van der Waals surface area (Å²) in [4.78, 5) is 2.24. The second-order valence-corrected chi connectivity index (χ2v) is 5.45. The molecule has 0 spiro atoms. The van der Waals surface area contributed by atoms with E-state index in [1.807, 2.05) is 43.7 Å². The van der Waals surface area contributed by atoms with Gasteiger partial charge in [0.15, 0.2) is 0 Å². The minimum atomic E-state index is -0.453. The van der Waals surface area contributed by atoms with Crippen LogP contribution >= 0.6 is 0 Å². The predicted octanol–water partition coefficient (Wildman–Crippen LogP) is 1.45. The van der Waals surface area contributed by atoms with Gasteiger partial charge in [0.05, 0.1) is 25.5 Å². The zero-order valence-electron chi connectivity index (χ0n) is 12.3. The minimum Gasteiger partial charge on any atom is -0.387 e. The second-order valence-electron chi connectivity index (χ2n) is 5.45. The van der Waals surface area contributed by atoms with E-state index in [2.05, 4.69) is 10.00 Å². The molecule has 0 saturated carbocycles. The highest BCUT2D eigenvalue weighted by Crippen LogP contribution is 2.22. The quantitative estimate of drug-likeness (QED) is 0.925. The molecule has 1 fully saturated rings. The summed E-state index contributed by atoms with van der Waals surface area (Å²) in [7, 11) is 1.91. The van der Waals surface area contributed by atoms with Gasteiger partial charge in [0.25, 0.3) is 0 Å². The Kier molecular flexibility index (Phi) is 4.34. The van der Waals surface area contributed by atoms with Crippen molar-refractivity contribution in [1.82, 2.24) is 14.7 Å². The topological polar surface area (TPSA) is 50.5 Å². The highest BCUT2D eigenvalue weighted by atomic mass is 16.5. The first-order valence-electron chi connectivity index (χ1n) is 7.29.